The van der Waals surface area contributed by atoms with Crippen LogP contribution in [-0.4, -0.2) is 12.5 Å². The first-order chi connectivity index (χ1) is 9.61. The average molecular weight is 293 g/mol. The molecule has 2 aromatic rings. The Kier molecular flexibility index (Phi) is 4.71. The number of carbonyl (C=O) groups is 1. The number of anilines is 1. The average Bonchev–Trinajstić information content (AvgIpc) is 2.45. The van der Waals surface area contributed by atoms with Crippen LogP contribution in [0.5, 0.6) is 0 Å². The number of halogens is 2. The Bertz CT molecular complexity index is 604. The lowest BCUT2D eigenvalue weighted by atomic mass is 9.98. The highest BCUT2D eigenvalue weighted by Gasteiger charge is 2.19. The first-order valence-electron chi connectivity index (χ1n) is 6.12. The summed E-state index contributed by atoms with van der Waals surface area (Å²) in [6, 6.07) is 13.3. The highest BCUT2D eigenvalue weighted by Crippen LogP contribution is 2.21. The van der Waals surface area contributed by atoms with Gasteiger partial charge in [0.2, 0.25) is 5.91 Å². The van der Waals surface area contributed by atoms with Gasteiger partial charge in [0.25, 0.3) is 0 Å². The van der Waals surface area contributed by atoms with E-state index in [-0.39, 0.29) is 17.5 Å². The number of hydrogen-bond donors (Lipinski definition) is 2. The number of carbonyl (C=O) groups excluding carboxylic acids is 1. The van der Waals surface area contributed by atoms with Crippen LogP contribution in [0.3, 0.4) is 0 Å². The second kappa shape index (κ2) is 6.50. The molecule has 0 saturated carbocycles. The fourth-order valence-electron chi connectivity index (χ4n) is 1.88. The van der Waals surface area contributed by atoms with Crippen molar-refractivity contribution in [2.45, 2.75) is 5.92 Å². The van der Waals surface area contributed by atoms with E-state index in [2.05, 4.69) is 5.32 Å². The number of nitrogens with one attached hydrogen (secondary N) is 1. The van der Waals surface area contributed by atoms with Gasteiger partial charge >= 0.3 is 0 Å². The minimum atomic E-state index is -0.575. The standard InChI is InChI=1S/C15H14ClFN2O/c16-13-7-6-11(8-14(13)17)19-15(20)12(9-18)10-4-2-1-3-5-10/h1-8,12H,9,18H2,(H,19,20). The van der Waals surface area contributed by atoms with Crippen LogP contribution in [0.25, 0.3) is 0 Å². The van der Waals surface area contributed by atoms with Gasteiger partial charge in [-0.2, -0.15) is 0 Å². The molecule has 0 spiro atoms. The second-order valence-electron chi connectivity index (χ2n) is 4.32. The molecule has 1 amide bonds. The van der Waals surface area contributed by atoms with E-state index in [1.54, 1.807) is 6.07 Å². The lowest BCUT2D eigenvalue weighted by molar-refractivity contribution is -0.117. The van der Waals surface area contributed by atoms with Crippen LogP contribution in [0, 0.1) is 5.82 Å². The zero-order chi connectivity index (χ0) is 14.5. The zero-order valence-electron chi connectivity index (χ0n) is 10.6. The Hall–Kier alpha value is -1.91. The molecule has 0 bridgehead atoms. The van der Waals surface area contributed by atoms with Gasteiger partial charge in [-0.25, -0.2) is 4.39 Å². The normalized spacial score (nSPS) is 11.9. The molecular formula is C15H14ClFN2O. The van der Waals surface area contributed by atoms with Gasteiger partial charge in [-0.1, -0.05) is 41.9 Å². The molecule has 0 aromatic heterocycles. The predicted molar refractivity (Wildman–Crippen MR) is 78.3 cm³/mol. The van der Waals surface area contributed by atoms with Crippen molar-refractivity contribution < 1.29 is 9.18 Å². The molecule has 0 saturated heterocycles. The molecule has 0 heterocycles. The van der Waals surface area contributed by atoms with Crippen LogP contribution in [0.1, 0.15) is 11.5 Å². The van der Waals surface area contributed by atoms with Gasteiger partial charge in [0.15, 0.2) is 0 Å². The lowest BCUT2D eigenvalue weighted by Crippen LogP contribution is -2.27. The van der Waals surface area contributed by atoms with Crippen LogP contribution < -0.4 is 11.1 Å². The van der Waals surface area contributed by atoms with Gasteiger partial charge < -0.3 is 11.1 Å². The van der Waals surface area contributed by atoms with Gasteiger partial charge in [-0.15, -0.1) is 0 Å². The fourth-order valence-corrected chi connectivity index (χ4v) is 2.00. The lowest BCUT2D eigenvalue weighted by Gasteiger charge is -2.15. The molecule has 0 aliphatic carbocycles. The number of hydrogen-bond acceptors (Lipinski definition) is 2. The Balaban J connectivity index is 2.15. The third-order valence-electron chi connectivity index (χ3n) is 2.94. The molecule has 104 valence electrons. The van der Waals surface area contributed by atoms with Gasteiger partial charge in [0, 0.05) is 12.2 Å². The summed E-state index contributed by atoms with van der Waals surface area (Å²) in [5.41, 5.74) is 6.83. The summed E-state index contributed by atoms with van der Waals surface area (Å²) in [6.07, 6.45) is 0. The summed E-state index contributed by atoms with van der Waals surface area (Å²) in [4.78, 5) is 12.2. The SMILES string of the molecule is NCC(C(=O)Nc1ccc(Cl)c(F)c1)c1ccccc1. The summed E-state index contributed by atoms with van der Waals surface area (Å²) < 4.78 is 13.3. The number of benzene rings is 2. The van der Waals surface area contributed by atoms with Gasteiger partial charge in [0.1, 0.15) is 5.82 Å². The maximum absolute atomic E-state index is 13.3. The summed E-state index contributed by atoms with van der Waals surface area (Å²) in [7, 11) is 0. The molecule has 3 nitrogen and oxygen atoms in total. The van der Waals surface area contributed by atoms with Crippen LogP contribution in [0.2, 0.25) is 5.02 Å². The van der Waals surface area contributed by atoms with Crippen molar-refractivity contribution in [3.8, 4) is 0 Å². The Labute approximate surface area is 121 Å². The molecule has 20 heavy (non-hydrogen) atoms. The summed E-state index contributed by atoms with van der Waals surface area (Å²) in [5.74, 6) is -1.33. The van der Waals surface area contributed by atoms with Crippen molar-refractivity contribution in [3.05, 3.63) is 64.9 Å². The van der Waals surface area contributed by atoms with E-state index in [4.69, 9.17) is 17.3 Å². The minimum absolute atomic E-state index is 0.0152. The molecule has 1 atom stereocenters. The van der Waals surface area contributed by atoms with E-state index in [9.17, 15) is 9.18 Å². The predicted octanol–water partition coefficient (Wildman–Crippen LogP) is 3.16. The van der Waals surface area contributed by atoms with E-state index in [0.29, 0.717) is 5.69 Å². The van der Waals surface area contributed by atoms with Crippen molar-refractivity contribution in [2.75, 3.05) is 11.9 Å². The molecule has 5 heteroatoms. The third-order valence-corrected chi connectivity index (χ3v) is 3.25. The van der Waals surface area contributed by atoms with Crippen molar-refractivity contribution in [1.82, 2.24) is 0 Å². The molecule has 3 N–H and O–H groups in total. The van der Waals surface area contributed by atoms with E-state index < -0.39 is 11.7 Å². The minimum Gasteiger partial charge on any atom is -0.329 e. The number of nitrogens with two attached hydrogens (primary N) is 1. The van der Waals surface area contributed by atoms with Crippen LogP contribution >= 0.6 is 11.6 Å². The third kappa shape index (κ3) is 3.35. The first-order valence-corrected chi connectivity index (χ1v) is 6.50. The Morgan fingerprint density at radius 2 is 1.95 bits per heavy atom. The van der Waals surface area contributed by atoms with Crippen molar-refractivity contribution in [1.29, 1.82) is 0 Å². The van der Waals surface area contributed by atoms with E-state index >= 15 is 0 Å². The number of amides is 1. The highest BCUT2D eigenvalue weighted by molar-refractivity contribution is 6.30. The van der Waals surface area contributed by atoms with E-state index in [0.717, 1.165) is 5.56 Å². The van der Waals surface area contributed by atoms with Gasteiger partial charge in [-0.05, 0) is 23.8 Å². The molecule has 0 fully saturated rings. The maximum Gasteiger partial charge on any atom is 0.233 e. The molecule has 0 aliphatic heterocycles. The summed E-state index contributed by atoms with van der Waals surface area (Å²) >= 11 is 5.60. The Morgan fingerprint density at radius 1 is 1.25 bits per heavy atom. The van der Waals surface area contributed by atoms with Crippen LogP contribution in [-0.2, 0) is 4.79 Å². The van der Waals surface area contributed by atoms with Gasteiger partial charge in [-0.3, -0.25) is 4.79 Å². The molecule has 0 radical (unpaired) electrons. The quantitative estimate of drug-likeness (QED) is 0.909. The Morgan fingerprint density at radius 3 is 2.55 bits per heavy atom. The molecule has 2 rings (SSSR count). The summed E-state index contributed by atoms with van der Waals surface area (Å²) in [5, 5.41) is 2.66. The zero-order valence-corrected chi connectivity index (χ0v) is 11.4. The largest absolute Gasteiger partial charge is 0.329 e. The van der Waals surface area contributed by atoms with E-state index in [1.807, 2.05) is 30.3 Å². The first kappa shape index (κ1) is 14.5. The van der Waals surface area contributed by atoms with Crippen LogP contribution in [0.4, 0.5) is 10.1 Å². The molecular weight excluding hydrogens is 279 g/mol. The van der Waals surface area contributed by atoms with Crippen molar-refractivity contribution >= 4 is 23.2 Å². The smallest absolute Gasteiger partial charge is 0.233 e. The van der Waals surface area contributed by atoms with E-state index in [1.165, 1.54) is 12.1 Å². The molecule has 1 unspecified atom stereocenters. The van der Waals surface area contributed by atoms with Gasteiger partial charge in [0.05, 0.1) is 10.9 Å². The van der Waals surface area contributed by atoms with Crippen molar-refractivity contribution in [2.24, 2.45) is 5.73 Å². The maximum atomic E-state index is 13.3. The fraction of sp³-hybridized carbons (Fsp3) is 0.133. The second-order valence-corrected chi connectivity index (χ2v) is 4.72. The number of rotatable bonds is 4. The monoisotopic (exact) mass is 292 g/mol. The summed E-state index contributed by atoms with van der Waals surface area (Å²) in [6.45, 7) is 0.173. The highest BCUT2D eigenvalue weighted by atomic mass is 35.5. The van der Waals surface area contributed by atoms with Crippen LogP contribution in [0.15, 0.2) is 48.5 Å². The molecule has 0 aliphatic rings. The molecule has 2 aromatic carbocycles. The topological polar surface area (TPSA) is 55.1 Å². The van der Waals surface area contributed by atoms with Crippen molar-refractivity contribution in [3.63, 3.8) is 0 Å².